The molecule has 1 N–H and O–H groups in total. The Hall–Kier alpha value is -0.770. The second kappa shape index (κ2) is 4.72. The van der Waals surface area contributed by atoms with E-state index in [0.717, 1.165) is 11.8 Å². The van der Waals surface area contributed by atoms with E-state index < -0.39 is 0 Å². The van der Waals surface area contributed by atoms with Crippen LogP contribution >= 0.6 is 15.9 Å². The van der Waals surface area contributed by atoms with E-state index in [4.69, 9.17) is 4.42 Å². The molecule has 0 spiro atoms. The summed E-state index contributed by atoms with van der Waals surface area (Å²) in [5, 5.41) is 3.08. The van der Waals surface area contributed by atoms with Crippen molar-refractivity contribution in [2.45, 2.75) is 38.6 Å². The van der Waals surface area contributed by atoms with Gasteiger partial charge in [-0.2, -0.15) is 0 Å². The third kappa shape index (κ3) is 2.22. The Morgan fingerprint density at radius 3 is 2.83 bits per heavy atom. The van der Waals surface area contributed by atoms with Gasteiger partial charge in [0.15, 0.2) is 10.4 Å². The van der Waals surface area contributed by atoms with E-state index in [0.29, 0.717) is 16.3 Å². The second-order valence-corrected chi connectivity index (χ2v) is 6.49. The molecule has 98 valence electrons. The number of hydrogen-bond donors (Lipinski definition) is 1. The summed E-state index contributed by atoms with van der Waals surface area (Å²) >= 11 is 3.21. The van der Waals surface area contributed by atoms with Crippen LogP contribution < -0.4 is 5.32 Å². The van der Waals surface area contributed by atoms with Gasteiger partial charge in [0.05, 0.1) is 0 Å². The average Bonchev–Trinajstić information content (AvgIpc) is 3.03. The number of fused-ring (bicyclic) bond motifs is 2. The van der Waals surface area contributed by atoms with E-state index in [-0.39, 0.29) is 11.9 Å². The van der Waals surface area contributed by atoms with Crippen molar-refractivity contribution in [3.05, 3.63) is 22.6 Å². The van der Waals surface area contributed by atoms with Gasteiger partial charge in [-0.3, -0.25) is 4.79 Å². The van der Waals surface area contributed by atoms with Crippen LogP contribution in [0.25, 0.3) is 0 Å². The highest BCUT2D eigenvalue weighted by Gasteiger charge is 2.42. The van der Waals surface area contributed by atoms with Crippen LogP contribution in [0.1, 0.15) is 43.2 Å². The van der Waals surface area contributed by atoms with Crippen molar-refractivity contribution in [3.8, 4) is 0 Å². The van der Waals surface area contributed by atoms with Crippen LogP contribution in [0.3, 0.4) is 0 Å². The zero-order valence-electron chi connectivity index (χ0n) is 10.5. The van der Waals surface area contributed by atoms with Gasteiger partial charge in [0.2, 0.25) is 0 Å². The molecule has 1 aromatic heterocycles. The minimum absolute atomic E-state index is 0.101. The van der Waals surface area contributed by atoms with E-state index in [2.05, 4.69) is 28.2 Å². The molecular weight excluding hydrogens is 294 g/mol. The molecule has 0 unspecified atom stereocenters. The maximum atomic E-state index is 12.0. The standard InChI is InChI=1S/C14H18BrNO2/c1-8(11-7-9-2-3-10(11)6-9)16-14(17)12-4-5-13(15)18-12/h4-5,8-11H,2-3,6-7H2,1H3,(H,16,17)/t8-,9+,10-,11+/m0/s1. The molecule has 4 heteroatoms. The Bertz CT molecular complexity index is 456. The first kappa shape index (κ1) is 12.3. The smallest absolute Gasteiger partial charge is 0.287 e. The third-order valence-electron chi connectivity index (χ3n) is 4.59. The highest BCUT2D eigenvalue weighted by atomic mass is 79.9. The molecule has 1 amide bonds. The van der Waals surface area contributed by atoms with Gasteiger partial charge in [-0.1, -0.05) is 6.42 Å². The van der Waals surface area contributed by atoms with Gasteiger partial charge in [0.25, 0.3) is 5.91 Å². The van der Waals surface area contributed by atoms with Crippen molar-refractivity contribution in [2.24, 2.45) is 17.8 Å². The van der Waals surface area contributed by atoms with Gasteiger partial charge in [-0.25, -0.2) is 0 Å². The molecule has 18 heavy (non-hydrogen) atoms. The quantitative estimate of drug-likeness (QED) is 0.926. The number of furan rings is 1. The largest absolute Gasteiger partial charge is 0.444 e. The van der Waals surface area contributed by atoms with Crippen LogP contribution in [-0.4, -0.2) is 11.9 Å². The van der Waals surface area contributed by atoms with E-state index in [9.17, 15) is 4.79 Å². The predicted octanol–water partition coefficient (Wildman–Crippen LogP) is 3.60. The Morgan fingerprint density at radius 2 is 2.28 bits per heavy atom. The molecule has 4 atom stereocenters. The molecule has 0 saturated heterocycles. The van der Waals surface area contributed by atoms with Crippen LogP contribution in [-0.2, 0) is 0 Å². The molecule has 3 rings (SSSR count). The van der Waals surface area contributed by atoms with E-state index in [1.165, 1.54) is 25.7 Å². The van der Waals surface area contributed by atoms with E-state index in [1.54, 1.807) is 12.1 Å². The number of carbonyl (C=O) groups is 1. The van der Waals surface area contributed by atoms with Gasteiger partial charge < -0.3 is 9.73 Å². The maximum absolute atomic E-state index is 12.0. The lowest BCUT2D eigenvalue weighted by Gasteiger charge is -2.28. The molecule has 2 saturated carbocycles. The summed E-state index contributed by atoms with van der Waals surface area (Å²) in [6.45, 7) is 2.13. The molecule has 2 aliphatic carbocycles. The molecule has 0 aromatic carbocycles. The minimum atomic E-state index is -0.101. The second-order valence-electron chi connectivity index (χ2n) is 5.70. The molecule has 2 bridgehead atoms. The Balaban J connectivity index is 1.61. The summed E-state index contributed by atoms with van der Waals surface area (Å²) < 4.78 is 5.87. The topological polar surface area (TPSA) is 42.2 Å². The number of amides is 1. The summed E-state index contributed by atoms with van der Waals surface area (Å²) in [5.41, 5.74) is 0. The van der Waals surface area contributed by atoms with Crippen molar-refractivity contribution in [1.82, 2.24) is 5.32 Å². The van der Waals surface area contributed by atoms with Crippen molar-refractivity contribution < 1.29 is 9.21 Å². The monoisotopic (exact) mass is 311 g/mol. The number of carbonyl (C=O) groups excluding carboxylic acids is 1. The molecule has 3 nitrogen and oxygen atoms in total. The van der Waals surface area contributed by atoms with Crippen LogP contribution in [0, 0.1) is 17.8 Å². The summed E-state index contributed by atoms with van der Waals surface area (Å²) in [5.74, 6) is 2.68. The molecule has 0 radical (unpaired) electrons. The summed E-state index contributed by atoms with van der Waals surface area (Å²) in [6, 6.07) is 3.70. The van der Waals surface area contributed by atoms with Crippen LogP contribution in [0.15, 0.2) is 21.2 Å². The van der Waals surface area contributed by atoms with Crippen molar-refractivity contribution >= 4 is 21.8 Å². The lowest BCUT2D eigenvalue weighted by atomic mass is 9.84. The van der Waals surface area contributed by atoms with Gasteiger partial charge in [-0.15, -0.1) is 0 Å². The van der Waals surface area contributed by atoms with Crippen LogP contribution in [0.2, 0.25) is 0 Å². The normalized spacial score (nSPS) is 31.6. The number of rotatable bonds is 3. The highest BCUT2D eigenvalue weighted by molar-refractivity contribution is 9.10. The van der Waals surface area contributed by atoms with Gasteiger partial charge in [-0.05, 0) is 72.0 Å². The van der Waals surface area contributed by atoms with Gasteiger partial charge >= 0.3 is 0 Å². The van der Waals surface area contributed by atoms with Crippen LogP contribution in [0.4, 0.5) is 0 Å². The Morgan fingerprint density at radius 1 is 1.44 bits per heavy atom. The third-order valence-corrected chi connectivity index (χ3v) is 5.02. The Labute approximate surface area is 115 Å². The van der Waals surface area contributed by atoms with E-state index >= 15 is 0 Å². The average molecular weight is 312 g/mol. The summed E-state index contributed by atoms with van der Waals surface area (Å²) in [6.07, 6.45) is 5.40. The highest BCUT2D eigenvalue weighted by Crippen LogP contribution is 2.49. The first-order valence-electron chi connectivity index (χ1n) is 6.69. The molecular formula is C14H18BrNO2. The Kier molecular flexibility index (Phi) is 3.22. The molecule has 1 heterocycles. The van der Waals surface area contributed by atoms with Crippen molar-refractivity contribution in [2.75, 3.05) is 0 Å². The zero-order valence-corrected chi connectivity index (χ0v) is 12.1. The lowest BCUT2D eigenvalue weighted by Crippen LogP contribution is -2.39. The number of hydrogen-bond acceptors (Lipinski definition) is 2. The molecule has 0 aliphatic heterocycles. The minimum Gasteiger partial charge on any atom is -0.444 e. The molecule has 1 aromatic rings. The summed E-state index contributed by atoms with van der Waals surface area (Å²) in [4.78, 5) is 12.0. The fourth-order valence-electron chi connectivity index (χ4n) is 3.73. The SMILES string of the molecule is C[C@H](NC(=O)c1ccc(Br)o1)[C@H]1C[C@@H]2CC[C@H]1C2. The van der Waals surface area contributed by atoms with E-state index in [1.807, 2.05) is 0 Å². The zero-order chi connectivity index (χ0) is 12.7. The fraction of sp³-hybridized carbons (Fsp3) is 0.643. The first-order chi connectivity index (χ1) is 8.63. The fourth-order valence-corrected chi connectivity index (χ4v) is 4.03. The first-order valence-corrected chi connectivity index (χ1v) is 7.49. The van der Waals surface area contributed by atoms with Crippen LogP contribution in [0.5, 0.6) is 0 Å². The molecule has 2 aliphatic rings. The maximum Gasteiger partial charge on any atom is 0.287 e. The number of nitrogens with one attached hydrogen (secondary N) is 1. The van der Waals surface area contributed by atoms with Gasteiger partial charge in [0.1, 0.15) is 0 Å². The number of halogens is 1. The predicted molar refractivity (Wildman–Crippen MR) is 72.3 cm³/mol. The lowest BCUT2D eigenvalue weighted by molar-refractivity contribution is 0.0886. The van der Waals surface area contributed by atoms with Gasteiger partial charge in [0, 0.05) is 6.04 Å². The summed E-state index contributed by atoms with van der Waals surface area (Å²) in [7, 11) is 0. The van der Waals surface area contributed by atoms with Crippen molar-refractivity contribution in [3.63, 3.8) is 0 Å². The van der Waals surface area contributed by atoms with Crippen molar-refractivity contribution in [1.29, 1.82) is 0 Å². The molecule has 2 fully saturated rings.